The topological polar surface area (TPSA) is 12.5 Å². The van der Waals surface area contributed by atoms with Gasteiger partial charge in [-0.1, -0.05) is 29.3 Å². The highest BCUT2D eigenvalue weighted by molar-refractivity contribution is 6.34. The lowest BCUT2D eigenvalue weighted by Crippen LogP contribution is -2.04. The van der Waals surface area contributed by atoms with Crippen molar-refractivity contribution in [3.63, 3.8) is 0 Å². The highest BCUT2D eigenvalue weighted by atomic mass is 35.5. The van der Waals surface area contributed by atoms with E-state index in [2.05, 4.69) is 0 Å². The number of ether oxygens (including phenoxy) is 1. The largest absolute Gasteiger partial charge is 0.339 e. The fraction of sp³-hybridized carbons (Fsp3) is 0.333. The van der Waals surface area contributed by atoms with E-state index < -0.39 is 5.06 Å². The molecular formula is C6H4Cl2O. The summed E-state index contributed by atoms with van der Waals surface area (Å²) < 4.78 is 5.06. The maximum atomic E-state index is 5.81. The molecule has 0 bridgehead atoms. The lowest BCUT2D eigenvalue weighted by Gasteiger charge is -1.98. The van der Waals surface area contributed by atoms with Crippen LogP contribution in [0.3, 0.4) is 0 Å². The summed E-state index contributed by atoms with van der Waals surface area (Å²) in [4.78, 5) is 0. The van der Waals surface area contributed by atoms with E-state index in [4.69, 9.17) is 27.9 Å². The van der Waals surface area contributed by atoms with E-state index in [1.165, 1.54) is 0 Å². The summed E-state index contributed by atoms with van der Waals surface area (Å²) in [6.07, 6.45) is 5.31. The molecule has 0 aromatic rings. The van der Waals surface area contributed by atoms with Gasteiger partial charge in [0.1, 0.15) is 6.10 Å². The van der Waals surface area contributed by atoms with Gasteiger partial charge in [0.15, 0.2) is 5.06 Å². The van der Waals surface area contributed by atoms with Crippen LogP contribution in [0, 0.1) is 0 Å². The molecule has 0 N–H and O–H groups in total. The lowest BCUT2D eigenvalue weighted by atomic mass is 10.2. The Morgan fingerprint density at radius 2 is 2.44 bits per heavy atom. The average Bonchev–Trinajstić information content (AvgIpc) is 2.43. The van der Waals surface area contributed by atoms with Crippen molar-refractivity contribution in [1.82, 2.24) is 0 Å². The molecule has 0 aromatic carbocycles. The minimum atomic E-state index is -0.591. The monoisotopic (exact) mass is 162 g/mol. The Labute approximate surface area is 62.9 Å². The van der Waals surface area contributed by atoms with Crippen LogP contribution in [0.2, 0.25) is 0 Å². The Kier molecular flexibility index (Phi) is 0.989. The van der Waals surface area contributed by atoms with Crippen molar-refractivity contribution >= 4 is 23.2 Å². The predicted octanol–water partition coefficient (Wildman–Crippen LogP) is 2.01. The number of halogens is 2. The second-order valence-electron chi connectivity index (χ2n) is 2.11. The molecule has 1 aliphatic heterocycles. The lowest BCUT2D eigenvalue weighted by molar-refractivity contribution is 0.394. The van der Waals surface area contributed by atoms with Gasteiger partial charge in [0.2, 0.25) is 0 Å². The smallest absolute Gasteiger partial charge is 0.192 e. The Balaban J connectivity index is 2.34. The third kappa shape index (κ3) is 0.725. The normalized spacial score (nSPS) is 46.0. The summed E-state index contributed by atoms with van der Waals surface area (Å²) in [7, 11) is 0. The van der Waals surface area contributed by atoms with Gasteiger partial charge in [-0.2, -0.15) is 0 Å². The molecule has 0 aromatic heterocycles. The Morgan fingerprint density at radius 3 is 3.00 bits per heavy atom. The molecule has 1 saturated heterocycles. The molecule has 3 heteroatoms. The maximum Gasteiger partial charge on any atom is 0.192 e. The van der Waals surface area contributed by atoms with E-state index in [0.29, 0.717) is 5.03 Å². The van der Waals surface area contributed by atoms with E-state index in [1.54, 1.807) is 18.2 Å². The summed E-state index contributed by atoms with van der Waals surface area (Å²) in [5, 5.41) is 0.0961. The van der Waals surface area contributed by atoms with E-state index >= 15 is 0 Å². The first-order valence-electron chi connectivity index (χ1n) is 2.64. The van der Waals surface area contributed by atoms with Gasteiger partial charge in [-0.25, -0.2) is 0 Å². The first kappa shape index (κ1) is 5.78. The molecule has 2 atom stereocenters. The summed E-state index contributed by atoms with van der Waals surface area (Å²) in [6.45, 7) is 0. The summed E-state index contributed by atoms with van der Waals surface area (Å²) in [5.74, 6) is 0. The van der Waals surface area contributed by atoms with Crippen LogP contribution in [0.5, 0.6) is 0 Å². The molecule has 2 aliphatic rings. The Morgan fingerprint density at radius 1 is 1.67 bits per heavy atom. The van der Waals surface area contributed by atoms with Gasteiger partial charge in [-0.05, 0) is 12.2 Å². The van der Waals surface area contributed by atoms with Gasteiger partial charge in [0, 0.05) is 0 Å². The van der Waals surface area contributed by atoms with Gasteiger partial charge in [0.25, 0.3) is 0 Å². The van der Waals surface area contributed by atoms with Crippen molar-refractivity contribution in [1.29, 1.82) is 0 Å². The number of hydrogen-bond acceptors (Lipinski definition) is 1. The SMILES string of the molecule is ClC1=CC=CC2(Cl)OC12. The molecule has 1 heterocycles. The van der Waals surface area contributed by atoms with E-state index in [1.807, 2.05) is 0 Å². The van der Waals surface area contributed by atoms with Crippen LogP contribution >= 0.6 is 23.2 Å². The van der Waals surface area contributed by atoms with Crippen LogP contribution < -0.4 is 0 Å². The third-order valence-corrected chi connectivity index (χ3v) is 2.17. The molecule has 1 fully saturated rings. The fourth-order valence-electron chi connectivity index (χ4n) is 0.876. The van der Waals surface area contributed by atoms with Gasteiger partial charge in [-0.15, -0.1) is 0 Å². The second-order valence-corrected chi connectivity index (χ2v) is 3.13. The van der Waals surface area contributed by atoms with E-state index in [-0.39, 0.29) is 6.10 Å². The molecule has 48 valence electrons. The standard InChI is InChI=1S/C6H4Cl2O/c7-4-2-1-3-6(8)5(4)9-6/h1-3,5H. The summed E-state index contributed by atoms with van der Waals surface area (Å²) in [6, 6.07) is 0. The Hall–Kier alpha value is 0.0200. The Bertz CT molecular complexity index is 209. The van der Waals surface area contributed by atoms with E-state index in [9.17, 15) is 0 Å². The van der Waals surface area contributed by atoms with Crippen molar-refractivity contribution in [3.05, 3.63) is 23.3 Å². The molecule has 2 unspecified atom stereocenters. The zero-order valence-electron chi connectivity index (χ0n) is 4.47. The van der Waals surface area contributed by atoms with Crippen molar-refractivity contribution in [3.8, 4) is 0 Å². The number of allylic oxidation sites excluding steroid dienone is 2. The van der Waals surface area contributed by atoms with Crippen LogP contribution in [-0.4, -0.2) is 11.2 Å². The maximum absolute atomic E-state index is 5.81. The van der Waals surface area contributed by atoms with Gasteiger partial charge >= 0.3 is 0 Å². The van der Waals surface area contributed by atoms with E-state index in [0.717, 1.165) is 0 Å². The molecule has 9 heavy (non-hydrogen) atoms. The van der Waals surface area contributed by atoms with Crippen LogP contribution in [0.25, 0.3) is 0 Å². The zero-order valence-corrected chi connectivity index (χ0v) is 5.99. The molecule has 0 amide bonds. The van der Waals surface area contributed by atoms with Gasteiger partial charge in [0.05, 0.1) is 5.03 Å². The quantitative estimate of drug-likeness (QED) is 0.393. The van der Waals surface area contributed by atoms with Gasteiger partial charge in [-0.3, -0.25) is 0 Å². The predicted molar refractivity (Wildman–Crippen MR) is 36.5 cm³/mol. The minimum Gasteiger partial charge on any atom is -0.339 e. The van der Waals surface area contributed by atoms with Crippen LogP contribution in [-0.2, 0) is 4.74 Å². The van der Waals surface area contributed by atoms with Crippen LogP contribution in [0.15, 0.2) is 23.3 Å². The van der Waals surface area contributed by atoms with Crippen molar-refractivity contribution in [2.24, 2.45) is 0 Å². The van der Waals surface area contributed by atoms with Crippen molar-refractivity contribution in [2.75, 3.05) is 0 Å². The van der Waals surface area contributed by atoms with Crippen molar-refractivity contribution in [2.45, 2.75) is 11.2 Å². The average molecular weight is 163 g/mol. The molecule has 1 aliphatic carbocycles. The molecule has 0 saturated carbocycles. The second kappa shape index (κ2) is 1.54. The van der Waals surface area contributed by atoms with Crippen LogP contribution in [0.1, 0.15) is 0 Å². The number of rotatable bonds is 0. The van der Waals surface area contributed by atoms with Crippen LogP contribution in [0.4, 0.5) is 0 Å². The summed E-state index contributed by atoms with van der Waals surface area (Å²) >= 11 is 11.5. The highest BCUT2D eigenvalue weighted by Crippen LogP contribution is 2.49. The number of alkyl halides is 1. The van der Waals surface area contributed by atoms with Crippen molar-refractivity contribution < 1.29 is 4.74 Å². The highest BCUT2D eigenvalue weighted by Gasteiger charge is 2.56. The fourth-order valence-corrected chi connectivity index (χ4v) is 1.49. The third-order valence-electron chi connectivity index (χ3n) is 1.43. The molecule has 0 radical (unpaired) electrons. The summed E-state index contributed by atoms with van der Waals surface area (Å²) in [5.41, 5.74) is 0. The number of fused-ring (bicyclic) bond motifs is 1. The molecule has 0 spiro atoms. The zero-order chi connectivity index (χ0) is 6.48. The first-order chi connectivity index (χ1) is 4.22. The van der Waals surface area contributed by atoms with Gasteiger partial charge < -0.3 is 4.74 Å². The molecule has 1 nitrogen and oxygen atoms in total. The molecular weight excluding hydrogens is 159 g/mol. The first-order valence-corrected chi connectivity index (χ1v) is 3.40. The minimum absolute atomic E-state index is 0.0779. The molecule has 2 rings (SSSR count). The number of hydrogen-bond donors (Lipinski definition) is 0. The number of epoxide rings is 1.